The van der Waals surface area contributed by atoms with Crippen molar-refractivity contribution in [2.24, 2.45) is 0 Å². The van der Waals surface area contributed by atoms with E-state index < -0.39 is 0 Å². The van der Waals surface area contributed by atoms with Crippen molar-refractivity contribution in [1.29, 1.82) is 0 Å². The van der Waals surface area contributed by atoms with E-state index >= 15 is 0 Å². The Balaban J connectivity index is 0. The van der Waals surface area contributed by atoms with Crippen molar-refractivity contribution < 1.29 is 39.0 Å². The Morgan fingerprint density at radius 3 is 0.600 bits per heavy atom. The second kappa shape index (κ2) is 381. The van der Waals surface area contributed by atoms with Crippen LogP contribution in [0, 0.1) is 0 Å². The van der Waals surface area contributed by atoms with Crippen molar-refractivity contribution in [3.05, 3.63) is 0 Å². The Kier molecular flexibility index (Phi) is 60000. The predicted octanol–water partition coefficient (Wildman–Crippen LogP) is -2.01. The van der Waals surface area contributed by atoms with E-state index in [1.807, 2.05) is 0 Å². The zero-order chi connectivity index (χ0) is 0. The molecule has 0 heterocycles. The molecule has 0 aromatic rings. The van der Waals surface area contributed by atoms with Crippen molar-refractivity contribution in [2.45, 2.75) is 0 Å². The van der Waals surface area contributed by atoms with Crippen LogP contribution in [0.15, 0.2) is 0 Å². The summed E-state index contributed by atoms with van der Waals surface area (Å²) in [6, 6.07) is 0. The van der Waals surface area contributed by atoms with Crippen LogP contribution in [0.2, 0.25) is 0 Å². The van der Waals surface area contributed by atoms with E-state index in [4.69, 9.17) is 0 Å². The Morgan fingerprint density at radius 2 is 0.600 bits per heavy atom. The van der Waals surface area contributed by atoms with Crippen LogP contribution in [-0.4, -0.2) is 21.9 Å². The standard InChI is InChI=1S/Mn.4H2O/h;4*1H2/q+2;;;;/p-2. The monoisotopic (exact) mass is 125 g/mol. The molecule has 5 heavy (non-hydrogen) atoms. The van der Waals surface area contributed by atoms with Gasteiger partial charge in [0, 0.05) is 0 Å². The first-order chi connectivity index (χ1) is 0. The van der Waals surface area contributed by atoms with Crippen LogP contribution in [0.5, 0.6) is 0 Å². The van der Waals surface area contributed by atoms with Crippen LogP contribution in [-0.2, 0) is 17.1 Å². The van der Waals surface area contributed by atoms with Crippen LogP contribution >= 0.6 is 0 Å². The first-order valence-corrected chi connectivity index (χ1v) is 0. The summed E-state index contributed by atoms with van der Waals surface area (Å²) in [5.41, 5.74) is 0. The van der Waals surface area contributed by atoms with Crippen LogP contribution in [0.3, 0.4) is 0 Å². The summed E-state index contributed by atoms with van der Waals surface area (Å²) in [4.78, 5) is 0. The van der Waals surface area contributed by atoms with E-state index in [0.717, 1.165) is 0 Å². The topological polar surface area (TPSA) is 123 Å². The van der Waals surface area contributed by atoms with Crippen LogP contribution in [0.4, 0.5) is 0 Å². The zero-order valence-electron chi connectivity index (χ0n) is 2.27. The minimum Gasteiger partial charge on any atom is -0.870 e. The van der Waals surface area contributed by atoms with Crippen molar-refractivity contribution in [3.8, 4) is 0 Å². The molecule has 0 saturated carbocycles. The Hall–Kier alpha value is 0.359. The molecule has 0 aliphatic carbocycles. The summed E-state index contributed by atoms with van der Waals surface area (Å²) in [6.45, 7) is 0. The Morgan fingerprint density at radius 1 is 0.600 bits per heavy atom. The van der Waals surface area contributed by atoms with Gasteiger partial charge in [0.1, 0.15) is 0 Å². The van der Waals surface area contributed by atoms with Gasteiger partial charge in [-0.1, -0.05) is 0 Å². The molecule has 0 aromatic heterocycles. The van der Waals surface area contributed by atoms with Gasteiger partial charge in [-0.3, -0.25) is 0 Å². The van der Waals surface area contributed by atoms with Gasteiger partial charge in [-0.05, 0) is 0 Å². The maximum Gasteiger partial charge on any atom is 2.00 e. The quantitative estimate of drug-likeness (QED) is 0.347. The van der Waals surface area contributed by atoms with E-state index in [-0.39, 0.29) is 39.0 Å². The third-order valence-corrected chi connectivity index (χ3v) is 0. The van der Waals surface area contributed by atoms with E-state index in [2.05, 4.69) is 0 Å². The first kappa shape index (κ1) is 788. The Labute approximate surface area is 39.9 Å². The fourth-order valence-electron chi connectivity index (χ4n) is 0. The SMILES string of the molecule is O.O.[Mn+2].[OH-].[OH-]. The summed E-state index contributed by atoms with van der Waals surface area (Å²) < 4.78 is 0. The van der Waals surface area contributed by atoms with Gasteiger partial charge in [0.25, 0.3) is 0 Å². The smallest absolute Gasteiger partial charge is 0.870 e. The van der Waals surface area contributed by atoms with Gasteiger partial charge < -0.3 is 21.9 Å². The summed E-state index contributed by atoms with van der Waals surface area (Å²) in [5.74, 6) is 0. The minimum atomic E-state index is 0. The average Bonchev–Trinajstić information content (AvgIpc) is 0. The molecule has 37 valence electrons. The van der Waals surface area contributed by atoms with Gasteiger partial charge in [-0.25, -0.2) is 0 Å². The second-order valence-electron chi connectivity index (χ2n) is 0. The molecule has 0 bridgehead atoms. The molecule has 0 fully saturated rings. The molecular weight excluding hydrogens is 119 g/mol. The summed E-state index contributed by atoms with van der Waals surface area (Å²) in [7, 11) is 0. The molecular formula is H6MnO4. The van der Waals surface area contributed by atoms with Gasteiger partial charge in [0.05, 0.1) is 0 Å². The summed E-state index contributed by atoms with van der Waals surface area (Å²) >= 11 is 0. The molecule has 0 spiro atoms. The van der Waals surface area contributed by atoms with E-state index in [9.17, 15) is 0 Å². The van der Waals surface area contributed by atoms with E-state index in [1.165, 1.54) is 0 Å². The average molecular weight is 125 g/mol. The van der Waals surface area contributed by atoms with Crippen LogP contribution in [0.1, 0.15) is 0 Å². The zero-order valence-corrected chi connectivity index (χ0v) is 3.45. The first-order valence-electron chi connectivity index (χ1n) is 0. The van der Waals surface area contributed by atoms with Gasteiger partial charge in [-0.15, -0.1) is 0 Å². The molecule has 0 aliphatic rings. The van der Waals surface area contributed by atoms with E-state index in [1.54, 1.807) is 0 Å². The molecule has 0 atom stereocenters. The van der Waals surface area contributed by atoms with Crippen molar-refractivity contribution >= 4 is 0 Å². The number of hydrogen-bond donors (Lipinski definition) is 0. The molecule has 0 aromatic carbocycles. The molecule has 0 unspecified atom stereocenters. The normalized spacial score (nSPS) is 0. The van der Waals surface area contributed by atoms with Crippen LogP contribution < -0.4 is 0 Å². The minimum absolute atomic E-state index is 0. The molecule has 0 saturated heterocycles. The largest absolute Gasteiger partial charge is 2.00 e. The van der Waals surface area contributed by atoms with E-state index in [0.29, 0.717) is 0 Å². The fraction of sp³-hybridized carbons (Fsp3) is 0. The Bertz CT molecular complexity index is 3.61. The van der Waals surface area contributed by atoms with Gasteiger partial charge in [0.2, 0.25) is 0 Å². The van der Waals surface area contributed by atoms with Crippen LogP contribution in [0.25, 0.3) is 0 Å². The van der Waals surface area contributed by atoms with Crippen molar-refractivity contribution in [2.75, 3.05) is 0 Å². The molecule has 1 radical (unpaired) electrons. The van der Waals surface area contributed by atoms with Crippen molar-refractivity contribution in [1.82, 2.24) is 0 Å². The third-order valence-electron chi connectivity index (χ3n) is 0. The molecule has 6 N–H and O–H groups in total. The molecule has 0 aliphatic heterocycles. The maximum absolute atomic E-state index is 0. The fourth-order valence-corrected chi connectivity index (χ4v) is 0. The summed E-state index contributed by atoms with van der Waals surface area (Å²) in [6.07, 6.45) is 0. The molecule has 4 nitrogen and oxygen atoms in total. The number of hydrogen-bond acceptors (Lipinski definition) is 2. The van der Waals surface area contributed by atoms with Crippen molar-refractivity contribution in [3.63, 3.8) is 0 Å². The molecule has 0 rings (SSSR count). The summed E-state index contributed by atoms with van der Waals surface area (Å²) in [5, 5.41) is 0. The molecule has 5 heteroatoms. The maximum atomic E-state index is 0. The third kappa shape index (κ3) is 188. The molecule has 0 amide bonds. The van der Waals surface area contributed by atoms with Gasteiger partial charge in [0.15, 0.2) is 0 Å². The number of rotatable bonds is 0. The predicted molar refractivity (Wildman–Crippen MR) is 11.1 cm³/mol. The van der Waals surface area contributed by atoms with Gasteiger partial charge >= 0.3 is 17.1 Å². The second-order valence-corrected chi connectivity index (χ2v) is 0. The van der Waals surface area contributed by atoms with Gasteiger partial charge in [-0.2, -0.15) is 0 Å².